The summed E-state index contributed by atoms with van der Waals surface area (Å²) in [5.74, 6) is 0.215. The van der Waals surface area contributed by atoms with E-state index in [0.29, 0.717) is 6.54 Å². The lowest BCUT2D eigenvalue weighted by atomic mass is 10.2. The number of nitrogens with zero attached hydrogens (tertiary/aromatic N) is 1. The molecule has 3 N–H and O–H groups in total. The van der Waals surface area contributed by atoms with Crippen molar-refractivity contribution in [1.82, 2.24) is 10.2 Å². The van der Waals surface area contributed by atoms with Crippen molar-refractivity contribution < 1.29 is 4.79 Å². The smallest absolute Gasteiger partial charge is 0.239 e. The molecule has 0 saturated carbocycles. The van der Waals surface area contributed by atoms with E-state index in [1.165, 1.54) is 0 Å². The third kappa shape index (κ3) is 2.19. The van der Waals surface area contributed by atoms with Gasteiger partial charge in [-0.15, -0.1) is 0 Å². The second-order valence-electron chi connectivity index (χ2n) is 3.20. The molecule has 0 aromatic heterocycles. The monoisotopic (exact) mass is 171 g/mol. The molecule has 4 nitrogen and oxygen atoms in total. The maximum Gasteiger partial charge on any atom is 0.239 e. The first-order valence-electron chi connectivity index (χ1n) is 4.44. The van der Waals surface area contributed by atoms with Crippen molar-refractivity contribution in [3.05, 3.63) is 0 Å². The number of likely N-dealkylation sites (N-methyl/N-ethyl adjacent to an activating group) is 1. The molecule has 1 amide bonds. The largest absolute Gasteiger partial charge is 0.344 e. The molecule has 1 unspecified atom stereocenters. The van der Waals surface area contributed by atoms with E-state index in [1.807, 2.05) is 7.05 Å². The van der Waals surface area contributed by atoms with Crippen molar-refractivity contribution in [2.24, 2.45) is 5.73 Å². The fourth-order valence-corrected chi connectivity index (χ4v) is 1.39. The van der Waals surface area contributed by atoms with Crippen molar-refractivity contribution >= 4 is 5.91 Å². The van der Waals surface area contributed by atoms with Crippen molar-refractivity contribution in [2.75, 3.05) is 26.7 Å². The standard InChI is InChI=1S/C8H17N3O/c1-11-6-3-7(8(11)12)10-5-2-4-9/h7,10H,2-6,9H2,1H3. The van der Waals surface area contributed by atoms with Crippen LogP contribution in [-0.4, -0.2) is 43.5 Å². The van der Waals surface area contributed by atoms with Crippen molar-refractivity contribution in [3.8, 4) is 0 Å². The molecule has 0 radical (unpaired) electrons. The highest BCUT2D eigenvalue weighted by molar-refractivity contribution is 5.83. The summed E-state index contributed by atoms with van der Waals surface area (Å²) in [6, 6.07) is 0.0431. The Hall–Kier alpha value is -0.610. The molecule has 70 valence electrons. The van der Waals surface area contributed by atoms with Crippen LogP contribution in [0.4, 0.5) is 0 Å². The highest BCUT2D eigenvalue weighted by atomic mass is 16.2. The normalized spacial score (nSPS) is 23.7. The van der Waals surface area contributed by atoms with Crippen LogP contribution in [0.2, 0.25) is 0 Å². The van der Waals surface area contributed by atoms with Crippen LogP contribution in [0.1, 0.15) is 12.8 Å². The summed E-state index contributed by atoms with van der Waals surface area (Å²) in [6.45, 7) is 2.41. The predicted octanol–water partition coefficient (Wildman–Crippen LogP) is -0.844. The van der Waals surface area contributed by atoms with Crippen molar-refractivity contribution in [3.63, 3.8) is 0 Å². The van der Waals surface area contributed by atoms with Crippen LogP contribution in [0, 0.1) is 0 Å². The van der Waals surface area contributed by atoms with E-state index < -0.39 is 0 Å². The molecule has 0 aliphatic carbocycles. The van der Waals surface area contributed by atoms with E-state index in [9.17, 15) is 4.79 Å². The Morgan fingerprint density at radius 3 is 3.00 bits per heavy atom. The van der Waals surface area contributed by atoms with Crippen LogP contribution < -0.4 is 11.1 Å². The maximum absolute atomic E-state index is 11.3. The molecule has 1 heterocycles. The number of nitrogens with one attached hydrogen (secondary N) is 1. The number of amides is 1. The molecular weight excluding hydrogens is 154 g/mol. The molecule has 1 rings (SSSR count). The number of carbonyl (C=O) groups excluding carboxylic acids is 1. The van der Waals surface area contributed by atoms with Gasteiger partial charge in [-0.3, -0.25) is 4.79 Å². The highest BCUT2D eigenvalue weighted by Gasteiger charge is 2.27. The third-order valence-corrected chi connectivity index (χ3v) is 2.20. The quantitative estimate of drug-likeness (QED) is 0.542. The molecule has 1 aliphatic rings. The van der Waals surface area contributed by atoms with E-state index in [4.69, 9.17) is 5.73 Å². The predicted molar refractivity (Wildman–Crippen MR) is 47.7 cm³/mol. The van der Waals surface area contributed by atoms with Gasteiger partial charge in [-0.25, -0.2) is 0 Å². The van der Waals surface area contributed by atoms with Crippen LogP contribution in [0.3, 0.4) is 0 Å². The second-order valence-corrected chi connectivity index (χ2v) is 3.20. The third-order valence-electron chi connectivity index (χ3n) is 2.20. The van der Waals surface area contributed by atoms with E-state index in [0.717, 1.165) is 25.9 Å². The minimum atomic E-state index is 0.0431. The number of nitrogens with two attached hydrogens (primary N) is 1. The topological polar surface area (TPSA) is 58.4 Å². The maximum atomic E-state index is 11.3. The Morgan fingerprint density at radius 1 is 1.75 bits per heavy atom. The van der Waals surface area contributed by atoms with E-state index in [1.54, 1.807) is 4.90 Å². The summed E-state index contributed by atoms with van der Waals surface area (Å²) in [5, 5.41) is 3.19. The zero-order chi connectivity index (χ0) is 8.97. The van der Waals surface area contributed by atoms with Gasteiger partial charge in [0.1, 0.15) is 0 Å². The molecule has 0 aromatic carbocycles. The molecule has 0 spiro atoms. The Bertz CT molecular complexity index is 160. The van der Waals surface area contributed by atoms with E-state index >= 15 is 0 Å². The molecule has 1 fully saturated rings. The summed E-state index contributed by atoms with van der Waals surface area (Å²) < 4.78 is 0. The average Bonchev–Trinajstić information content (AvgIpc) is 2.36. The minimum absolute atomic E-state index is 0.0431. The first-order chi connectivity index (χ1) is 5.75. The lowest BCUT2D eigenvalue weighted by Crippen LogP contribution is -2.37. The van der Waals surface area contributed by atoms with Crippen LogP contribution in [-0.2, 0) is 4.79 Å². The van der Waals surface area contributed by atoms with Crippen LogP contribution in [0.15, 0.2) is 0 Å². The van der Waals surface area contributed by atoms with Gasteiger partial charge in [0.25, 0.3) is 0 Å². The first kappa shape index (κ1) is 9.48. The lowest BCUT2D eigenvalue weighted by molar-refractivity contribution is -0.128. The lowest BCUT2D eigenvalue weighted by Gasteiger charge is -2.11. The SMILES string of the molecule is CN1CCC(NCCCN)C1=O. The summed E-state index contributed by atoms with van der Waals surface area (Å²) in [6.07, 6.45) is 1.87. The van der Waals surface area contributed by atoms with Crippen LogP contribution in [0.5, 0.6) is 0 Å². The Morgan fingerprint density at radius 2 is 2.50 bits per heavy atom. The first-order valence-corrected chi connectivity index (χ1v) is 4.44. The minimum Gasteiger partial charge on any atom is -0.344 e. The van der Waals surface area contributed by atoms with Gasteiger partial charge in [0.2, 0.25) is 5.91 Å². The molecule has 1 aliphatic heterocycles. The summed E-state index contributed by atoms with van der Waals surface area (Å²) in [4.78, 5) is 13.1. The summed E-state index contributed by atoms with van der Waals surface area (Å²) in [7, 11) is 1.84. The number of likely N-dealkylation sites (tertiary alicyclic amines) is 1. The molecule has 0 bridgehead atoms. The number of hydrogen-bond donors (Lipinski definition) is 2. The molecule has 1 saturated heterocycles. The van der Waals surface area contributed by atoms with Gasteiger partial charge in [0, 0.05) is 13.6 Å². The average molecular weight is 171 g/mol. The second kappa shape index (κ2) is 4.42. The molecule has 4 heteroatoms. The molecule has 1 atom stereocenters. The van der Waals surface area contributed by atoms with Crippen molar-refractivity contribution in [1.29, 1.82) is 0 Å². The fraction of sp³-hybridized carbons (Fsp3) is 0.875. The van der Waals surface area contributed by atoms with Gasteiger partial charge < -0.3 is 16.0 Å². The molecule has 12 heavy (non-hydrogen) atoms. The van der Waals surface area contributed by atoms with Gasteiger partial charge in [-0.2, -0.15) is 0 Å². The Balaban J connectivity index is 2.20. The number of rotatable bonds is 4. The van der Waals surface area contributed by atoms with Crippen molar-refractivity contribution in [2.45, 2.75) is 18.9 Å². The number of carbonyl (C=O) groups is 1. The molecular formula is C8H17N3O. The Kier molecular flexibility index (Phi) is 3.49. The van der Waals surface area contributed by atoms with E-state index in [-0.39, 0.29) is 11.9 Å². The van der Waals surface area contributed by atoms with Gasteiger partial charge in [-0.1, -0.05) is 0 Å². The van der Waals surface area contributed by atoms with Gasteiger partial charge in [0.15, 0.2) is 0 Å². The van der Waals surface area contributed by atoms with Gasteiger partial charge >= 0.3 is 0 Å². The Labute approximate surface area is 73.1 Å². The zero-order valence-corrected chi connectivity index (χ0v) is 7.55. The molecule has 0 aromatic rings. The van der Waals surface area contributed by atoms with Crippen LogP contribution in [0.25, 0.3) is 0 Å². The highest BCUT2D eigenvalue weighted by Crippen LogP contribution is 2.07. The fourth-order valence-electron chi connectivity index (χ4n) is 1.39. The van der Waals surface area contributed by atoms with Crippen LogP contribution >= 0.6 is 0 Å². The van der Waals surface area contributed by atoms with Gasteiger partial charge in [0.05, 0.1) is 6.04 Å². The van der Waals surface area contributed by atoms with Gasteiger partial charge in [-0.05, 0) is 25.9 Å². The number of hydrogen-bond acceptors (Lipinski definition) is 3. The summed E-state index contributed by atoms with van der Waals surface area (Å²) in [5.41, 5.74) is 5.34. The zero-order valence-electron chi connectivity index (χ0n) is 7.55. The summed E-state index contributed by atoms with van der Waals surface area (Å²) >= 11 is 0. The van der Waals surface area contributed by atoms with E-state index in [2.05, 4.69) is 5.32 Å².